The molecule has 1 saturated heterocycles. The second-order valence-electron chi connectivity index (χ2n) is 17.0. The van der Waals surface area contributed by atoms with E-state index in [9.17, 15) is 34.4 Å². The average molecular weight is 708 g/mol. The van der Waals surface area contributed by atoms with Gasteiger partial charge in [0.15, 0.2) is 0 Å². The molecule has 0 radical (unpaired) electrons. The molecule has 4 fully saturated rings. The number of phosphoric ester groups is 1. The van der Waals surface area contributed by atoms with Crippen molar-refractivity contribution in [2.45, 2.75) is 141 Å². The third-order valence-corrected chi connectivity index (χ3v) is 14.4. The molecule has 1 aromatic heterocycles. The normalized spacial score (nSPS) is 40.9. The Bertz CT molecular complexity index is 1550. The summed E-state index contributed by atoms with van der Waals surface area (Å²) in [6, 6.07) is 1.16. The minimum absolute atomic E-state index is 0.0205. The van der Waals surface area contributed by atoms with Gasteiger partial charge in [0.25, 0.3) is 13.4 Å². The molecule has 6 rings (SSSR count). The van der Waals surface area contributed by atoms with Gasteiger partial charge in [-0.2, -0.15) is 0 Å². The maximum Gasteiger partial charge on any atom is 0.330 e. The highest BCUT2D eigenvalue weighted by molar-refractivity contribution is 7.45. The lowest BCUT2D eigenvalue weighted by molar-refractivity contribution is -0.233. The van der Waals surface area contributed by atoms with Gasteiger partial charge in [0.1, 0.15) is 12.3 Å². The molecule has 13 heteroatoms. The molecular weight excluding hydrogens is 651 g/mol. The van der Waals surface area contributed by atoms with Gasteiger partial charge in [-0.3, -0.25) is 18.9 Å². The van der Waals surface area contributed by atoms with Crippen LogP contribution in [0.15, 0.2) is 33.5 Å². The van der Waals surface area contributed by atoms with Crippen LogP contribution >= 0.6 is 7.82 Å². The number of aromatic nitrogens is 2. The lowest BCUT2D eigenvalue weighted by Gasteiger charge is -2.59. The fraction of sp³-hybridized carbons (Fsp3) is 0.833. The Balaban J connectivity index is 1.06. The van der Waals surface area contributed by atoms with Crippen LogP contribution in [0.3, 0.4) is 0 Å². The van der Waals surface area contributed by atoms with E-state index in [-0.39, 0.29) is 23.2 Å². The van der Waals surface area contributed by atoms with Crippen molar-refractivity contribution in [3.8, 4) is 0 Å². The van der Waals surface area contributed by atoms with E-state index >= 15 is 0 Å². The summed E-state index contributed by atoms with van der Waals surface area (Å²) < 4.78 is 30.6. The first-order valence-corrected chi connectivity index (χ1v) is 19.8. The highest BCUT2D eigenvalue weighted by atomic mass is 31.2. The number of hydrogen-bond acceptors (Lipinski definition) is 10. The minimum atomic E-state index is -4.78. The van der Waals surface area contributed by atoms with Gasteiger partial charge in [-0.25, -0.2) is 4.79 Å². The number of rotatable bonds is 11. The first kappa shape index (κ1) is 37.1. The molecule has 13 unspecified atom stereocenters. The van der Waals surface area contributed by atoms with Gasteiger partial charge in [-0.15, -0.1) is 0 Å². The van der Waals surface area contributed by atoms with Crippen LogP contribution in [0.25, 0.3) is 0 Å². The Labute approximate surface area is 288 Å². The minimum Gasteiger partial charge on any atom is -0.756 e. The molecule has 0 aromatic carbocycles. The van der Waals surface area contributed by atoms with E-state index in [2.05, 4.69) is 25.8 Å². The van der Waals surface area contributed by atoms with Crippen molar-refractivity contribution in [1.29, 1.82) is 0 Å². The van der Waals surface area contributed by atoms with E-state index in [1.165, 1.54) is 12.6 Å². The molecule has 0 amide bonds. The van der Waals surface area contributed by atoms with E-state index < -0.39 is 61.9 Å². The predicted molar refractivity (Wildman–Crippen MR) is 180 cm³/mol. The van der Waals surface area contributed by atoms with Gasteiger partial charge in [-0.05, 0) is 106 Å². The van der Waals surface area contributed by atoms with E-state index in [0.29, 0.717) is 36.5 Å². The Morgan fingerprint density at radius 2 is 1.92 bits per heavy atom. The van der Waals surface area contributed by atoms with Crippen LogP contribution in [0, 0.1) is 40.4 Å². The molecule has 4 aliphatic carbocycles. The summed E-state index contributed by atoms with van der Waals surface area (Å²) in [5.74, 6) is 2.12. The van der Waals surface area contributed by atoms with Gasteiger partial charge < -0.3 is 34.0 Å². The van der Waals surface area contributed by atoms with Crippen LogP contribution in [0.5, 0.6) is 0 Å². The summed E-state index contributed by atoms with van der Waals surface area (Å²) in [6.45, 7) is 10.4. The summed E-state index contributed by atoms with van der Waals surface area (Å²) in [7, 11) is -4.78. The van der Waals surface area contributed by atoms with E-state index in [1.54, 1.807) is 0 Å². The molecule has 12 nitrogen and oxygen atoms in total. The Hall–Kier alpha value is -1.63. The zero-order valence-electron chi connectivity index (χ0n) is 29.6. The standard InChI is InChI=1S/C36H57N2O10P/c1-21(7-6-13-34(2,3)43)24-8-9-25-32-26(11-15-36(24,25)5)35(4)14-10-23(17-22(35)18-28(32)40)48-49(44,45)46-20-29-27(39)19-31(47-29)38-16-12-30(41)37-33(38)42/h12,16,18,21,23-29,31-32,39-40,43H,6-11,13-15,17,19-20H2,1-5H3,(H,44,45)(H,37,41,42)/p-1. The van der Waals surface area contributed by atoms with Crippen molar-refractivity contribution >= 4 is 7.82 Å². The summed E-state index contributed by atoms with van der Waals surface area (Å²) >= 11 is 0. The summed E-state index contributed by atoms with van der Waals surface area (Å²) in [4.78, 5) is 38.6. The second-order valence-corrected chi connectivity index (χ2v) is 18.3. The summed E-state index contributed by atoms with van der Waals surface area (Å²) in [5, 5.41) is 32.4. The van der Waals surface area contributed by atoms with Crippen LogP contribution in [-0.4, -0.2) is 61.5 Å². The topological polar surface area (TPSA) is 183 Å². The number of aliphatic hydroxyl groups excluding tert-OH is 2. The number of H-pyrrole nitrogens is 1. The van der Waals surface area contributed by atoms with Crippen LogP contribution in [-0.2, 0) is 18.3 Å². The average Bonchev–Trinajstić information content (AvgIpc) is 3.55. The molecule has 0 bridgehead atoms. The van der Waals surface area contributed by atoms with Crippen molar-refractivity contribution in [2.75, 3.05) is 6.61 Å². The van der Waals surface area contributed by atoms with E-state index in [0.717, 1.165) is 61.2 Å². The first-order chi connectivity index (χ1) is 22.9. The number of nitrogens with one attached hydrogen (secondary N) is 1. The van der Waals surface area contributed by atoms with Crippen molar-refractivity contribution < 1.29 is 38.6 Å². The van der Waals surface area contributed by atoms with Gasteiger partial charge in [0.05, 0.1) is 30.5 Å². The van der Waals surface area contributed by atoms with E-state index in [4.69, 9.17) is 13.8 Å². The van der Waals surface area contributed by atoms with Gasteiger partial charge in [0.2, 0.25) is 0 Å². The van der Waals surface area contributed by atoms with Crippen molar-refractivity contribution in [3.05, 3.63) is 44.8 Å². The molecule has 1 aliphatic heterocycles. The number of phosphoric acid groups is 1. The fourth-order valence-corrected chi connectivity index (χ4v) is 11.7. The van der Waals surface area contributed by atoms with Crippen LogP contribution in [0.2, 0.25) is 0 Å². The fourth-order valence-electron chi connectivity index (χ4n) is 10.8. The maximum absolute atomic E-state index is 13.0. The zero-order valence-corrected chi connectivity index (χ0v) is 30.5. The number of fused-ring (bicyclic) bond motifs is 5. The number of aromatic amines is 1. The van der Waals surface area contributed by atoms with Crippen molar-refractivity contribution in [2.24, 2.45) is 40.4 Å². The SMILES string of the molecule is CC(CCCC(C)(C)O)C1CCC2C3C(O)C=C4CC(OP(=O)([O-])OCC5OC(n6ccc(=O)[nH]c6=O)CC5O)CCC4(C)C3CCC12C. The lowest BCUT2D eigenvalue weighted by Crippen LogP contribution is -2.55. The van der Waals surface area contributed by atoms with Gasteiger partial charge in [0, 0.05) is 18.7 Å². The second kappa shape index (κ2) is 13.7. The Kier molecular flexibility index (Phi) is 10.4. The number of nitrogens with zero attached hydrogens (tertiary/aromatic N) is 1. The Morgan fingerprint density at radius 1 is 1.16 bits per heavy atom. The zero-order chi connectivity index (χ0) is 35.5. The van der Waals surface area contributed by atoms with Gasteiger partial charge in [-0.1, -0.05) is 45.3 Å². The van der Waals surface area contributed by atoms with E-state index in [1.807, 2.05) is 19.9 Å². The predicted octanol–water partition coefficient (Wildman–Crippen LogP) is 4.18. The molecule has 49 heavy (non-hydrogen) atoms. The molecule has 1 aromatic rings. The molecule has 0 spiro atoms. The summed E-state index contributed by atoms with van der Waals surface area (Å²) in [6.07, 6.45) is 8.20. The molecule has 5 aliphatic rings. The maximum atomic E-state index is 13.0. The van der Waals surface area contributed by atoms with Crippen LogP contribution < -0.4 is 16.1 Å². The van der Waals surface area contributed by atoms with Crippen molar-refractivity contribution in [3.63, 3.8) is 0 Å². The molecule has 3 saturated carbocycles. The molecule has 13 atom stereocenters. The third-order valence-electron chi connectivity index (χ3n) is 13.3. The monoisotopic (exact) mass is 707 g/mol. The third kappa shape index (κ3) is 7.49. The number of aliphatic hydroxyl groups is 3. The first-order valence-electron chi connectivity index (χ1n) is 18.3. The van der Waals surface area contributed by atoms with Gasteiger partial charge >= 0.3 is 5.69 Å². The molecule has 276 valence electrons. The van der Waals surface area contributed by atoms with Crippen LogP contribution in [0.1, 0.15) is 111 Å². The molecule has 4 N–H and O–H groups in total. The Morgan fingerprint density at radius 3 is 2.63 bits per heavy atom. The lowest BCUT2D eigenvalue weighted by atomic mass is 9.46. The molecular formula is C36H56N2O10P-. The van der Waals surface area contributed by atoms with Crippen molar-refractivity contribution in [1.82, 2.24) is 9.55 Å². The summed E-state index contributed by atoms with van der Waals surface area (Å²) in [5.41, 5.74) is -0.776. The smallest absolute Gasteiger partial charge is 0.330 e. The highest BCUT2D eigenvalue weighted by Gasteiger charge is 2.61. The number of ether oxygens (including phenoxy) is 1. The largest absolute Gasteiger partial charge is 0.756 e. The highest BCUT2D eigenvalue weighted by Crippen LogP contribution is 2.67. The molecule has 2 heterocycles. The number of hydrogen-bond donors (Lipinski definition) is 4. The quantitative estimate of drug-likeness (QED) is 0.192. The van der Waals surface area contributed by atoms with Crippen LogP contribution in [0.4, 0.5) is 0 Å².